The molecule has 0 spiro atoms. The van der Waals surface area contributed by atoms with Crippen LogP contribution >= 0.6 is 0 Å². The Morgan fingerprint density at radius 2 is 2.00 bits per heavy atom. The minimum absolute atomic E-state index is 0.392. The van der Waals surface area contributed by atoms with Gasteiger partial charge in [-0.15, -0.1) is 0 Å². The van der Waals surface area contributed by atoms with E-state index in [1.807, 2.05) is 24.3 Å². The van der Waals surface area contributed by atoms with Crippen molar-refractivity contribution in [2.24, 2.45) is 11.8 Å². The van der Waals surface area contributed by atoms with Gasteiger partial charge in [-0.05, 0) is 35.5 Å². The highest BCUT2D eigenvalue weighted by molar-refractivity contribution is 5.84. The van der Waals surface area contributed by atoms with Gasteiger partial charge in [-0.2, -0.15) is 5.26 Å². The number of ketones is 1. The van der Waals surface area contributed by atoms with Gasteiger partial charge in [0.2, 0.25) is 0 Å². The molecule has 2 heteroatoms. The molecule has 84 valence electrons. The summed E-state index contributed by atoms with van der Waals surface area (Å²) >= 11 is 0. The zero-order valence-electron chi connectivity index (χ0n) is 9.52. The van der Waals surface area contributed by atoms with Crippen molar-refractivity contribution in [3.8, 4) is 6.07 Å². The molecular formula is C15H13NO. The van der Waals surface area contributed by atoms with E-state index >= 15 is 0 Å². The van der Waals surface area contributed by atoms with Gasteiger partial charge in [-0.1, -0.05) is 24.3 Å². The second kappa shape index (κ2) is 3.85. The number of hydrogen-bond acceptors (Lipinski definition) is 2. The lowest BCUT2D eigenvalue weighted by Gasteiger charge is -2.07. The average molecular weight is 223 g/mol. The molecule has 0 radical (unpaired) electrons. The first-order valence-corrected chi connectivity index (χ1v) is 6.00. The number of carbonyl (C=O) groups excluding carboxylic acids is 1. The Kier molecular flexibility index (Phi) is 2.33. The molecule has 17 heavy (non-hydrogen) atoms. The Labute approximate surface area is 101 Å². The minimum atomic E-state index is 0.392. The summed E-state index contributed by atoms with van der Waals surface area (Å²) in [6.07, 6.45) is 4.59. The summed E-state index contributed by atoms with van der Waals surface area (Å²) < 4.78 is 0. The lowest BCUT2D eigenvalue weighted by molar-refractivity contribution is -0.117. The monoisotopic (exact) mass is 223 g/mol. The van der Waals surface area contributed by atoms with Crippen LogP contribution in [0.4, 0.5) is 0 Å². The molecule has 2 nitrogen and oxygen atoms in total. The van der Waals surface area contributed by atoms with Gasteiger partial charge in [0.25, 0.3) is 0 Å². The second-order valence-electron chi connectivity index (χ2n) is 4.92. The number of benzene rings is 1. The number of hydrogen-bond donors (Lipinski definition) is 0. The molecule has 2 aliphatic carbocycles. The summed E-state index contributed by atoms with van der Waals surface area (Å²) in [4.78, 5) is 11.3. The summed E-state index contributed by atoms with van der Waals surface area (Å²) in [6.45, 7) is 0. The van der Waals surface area contributed by atoms with Crippen LogP contribution in [0.1, 0.15) is 30.4 Å². The highest BCUT2D eigenvalue weighted by Gasteiger charge is 2.36. The van der Waals surface area contributed by atoms with Gasteiger partial charge in [0.15, 0.2) is 0 Å². The SMILES string of the molecule is N#Cc1ccccc1C1=CC2CC(=O)CC2C1. The number of fused-ring (bicyclic) bond motifs is 1. The van der Waals surface area contributed by atoms with Gasteiger partial charge in [-0.3, -0.25) is 4.79 Å². The quantitative estimate of drug-likeness (QED) is 0.734. The van der Waals surface area contributed by atoms with Crippen LogP contribution in [0.5, 0.6) is 0 Å². The molecule has 2 unspecified atom stereocenters. The van der Waals surface area contributed by atoms with Crippen molar-refractivity contribution >= 4 is 11.4 Å². The van der Waals surface area contributed by atoms with Crippen molar-refractivity contribution in [1.82, 2.24) is 0 Å². The van der Waals surface area contributed by atoms with Crippen LogP contribution in [0.25, 0.3) is 5.57 Å². The largest absolute Gasteiger partial charge is 0.300 e. The third-order valence-corrected chi connectivity index (χ3v) is 3.85. The molecule has 0 saturated heterocycles. The van der Waals surface area contributed by atoms with E-state index in [1.165, 1.54) is 5.57 Å². The van der Waals surface area contributed by atoms with E-state index in [9.17, 15) is 4.79 Å². The molecule has 1 aromatic rings. The molecule has 1 fully saturated rings. The molecule has 0 heterocycles. The van der Waals surface area contributed by atoms with Crippen LogP contribution in [-0.4, -0.2) is 5.78 Å². The first-order valence-electron chi connectivity index (χ1n) is 6.00. The third-order valence-electron chi connectivity index (χ3n) is 3.85. The molecule has 0 bridgehead atoms. The van der Waals surface area contributed by atoms with Crippen molar-refractivity contribution in [3.63, 3.8) is 0 Å². The summed E-state index contributed by atoms with van der Waals surface area (Å²) in [7, 11) is 0. The fraction of sp³-hybridized carbons (Fsp3) is 0.333. The van der Waals surface area contributed by atoms with E-state index in [-0.39, 0.29) is 0 Å². The molecule has 0 N–H and O–H groups in total. The molecule has 0 amide bonds. The van der Waals surface area contributed by atoms with Crippen LogP contribution < -0.4 is 0 Å². The first kappa shape index (κ1) is 10.3. The van der Waals surface area contributed by atoms with E-state index in [1.54, 1.807) is 0 Å². The maximum atomic E-state index is 11.3. The number of nitriles is 1. The Bertz CT molecular complexity index is 550. The predicted octanol–water partition coefficient (Wildman–Crippen LogP) is 2.94. The van der Waals surface area contributed by atoms with Crippen molar-refractivity contribution in [2.75, 3.05) is 0 Å². The summed E-state index contributed by atoms with van der Waals surface area (Å²) in [5.74, 6) is 1.30. The Morgan fingerprint density at radius 3 is 2.76 bits per heavy atom. The smallest absolute Gasteiger partial charge is 0.133 e. The zero-order chi connectivity index (χ0) is 11.8. The lowest BCUT2D eigenvalue weighted by atomic mass is 9.96. The highest BCUT2D eigenvalue weighted by atomic mass is 16.1. The van der Waals surface area contributed by atoms with Gasteiger partial charge in [0, 0.05) is 12.8 Å². The third kappa shape index (κ3) is 1.68. The fourth-order valence-electron chi connectivity index (χ4n) is 3.04. The van der Waals surface area contributed by atoms with E-state index in [0.29, 0.717) is 24.0 Å². The normalized spacial score (nSPS) is 26.5. The molecule has 2 aliphatic rings. The Hall–Kier alpha value is -1.88. The number of allylic oxidation sites excluding steroid dienone is 2. The number of rotatable bonds is 1. The molecule has 0 aromatic heterocycles. The second-order valence-corrected chi connectivity index (χ2v) is 4.92. The number of nitrogens with zero attached hydrogens (tertiary/aromatic N) is 1. The molecule has 2 atom stereocenters. The van der Waals surface area contributed by atoms with Gasteiger partial charge in [-0.25, -0.2) is 0 Å². The Balaban J connectivity index is 1.95. The van der Waals surface area contributed by atoms with Gasteiger partial charge in [0.1, 0.15) is 5.78 Å². The molecule has 3 rings (SSSR count). The predicted molar refractivity (Wildman–Crippen MR) is 65.0 cm³/mol. The average Bonchev–Trinajstić information content (AvgIpc) is 2.86. The molecule has 1 saturated carbocycles. The molecule has 1 aromatic carbocycles. The fourth-order valence-corrected chi connectivity index (χ4v) is 3.04. The van der Waals surface area contributed by atoms with Crippen LogP contribution in [0.3, 0.4) is 0 Å². The lowest BCUT2D eigenvalue weighted by Crippen LogP contribution is -1.97. The Morgan fingerprint density at radius 1 is 1.18 bits per heavy atom. The van der Waals surface area contributed by atoms with Crippen molar-refractivity contribution in [1.29, 1.82) is 5.26 Å². The molecule has 0 aliphatic heterocycles. The van der Waals surface area contributed by atoms with E-state index in [4.69, 9.17) is 5.26 Å². The maximum Gasteiger partial charge on any atom is 0.133 e. The first-order chi connectivity index (χ1) is 8.28. The maximum absolute atomic E-state index is 11.3. The van der Waals surface area contributed by atoms with Gasteiger partial charge >= 0.3 is 0 Å². The topological polar surface area (TPSA) is 40.9 Å². The summed E-state index contributed by atoms with van der Waals surface area (Å²) in [5.41, 5.74) is 3.05. The van der Waals surface area contributed by atoms with Crippen LogP contribution in [-0.2, 0) is 4.79 Å². The molecular weight excluding hydrogens is 210 g/mol. The van der Waals surface area contributed by atoms with Gasteiger partial charge < -0.3 is 0 Å². The highest BCUT2D eigenvalue weighted by Crippen LogP contribution is 2.44. The summed E-state index contributed by atoms with van der Waals surface area (Å²) in [5, 5.41) is 9.09. The van der Waals surface area contributed by atoms with Crippen molar-refractivity contribution < 1.29 is 4.79 Å². The van der Waals surface area contributed by atoms with Crippen LogP contribution in [0.15, 0.2) is 30.3 Å². The van der Waals surface area contributed by atoms with Crippen LogP contribution in [0, 0.1) is 23.2 Å². The number of carbonyl (C=O) groups is 1. The van der Waals surface area contributed by atoms with Crippen molar-refractivity contribution in [3.05, 3.63) is 41.5 Å². The number of Topliss-reactive ketones (excluding diaryl/α,β-unsaturated/α-hetero) is 1. The van der Waals surface area contributed by atoms with E-state index in [2.05, 4.69) is 12.1 Å². The van der Waals surface area contributed by atoms with Crippen molar-refractivity contribution in [2.45, 2.75) is 19.3 Å². The minimum Gasteiger partial charge on any atom is -0.300 e. The van der Waals surface area contributed by atoms with E-state index < -0.39 is 0 Å². The summed E-state index contributed by atoms with van der Waals surface area (Å²) in [6, 6.07) is 9.96. The van der Waals surface area contributed by atoms with E-state index in [0.717, 1.165) is 24.0 Å². The standard InChI is InChI=1S/C15H13NO/c16-9-10-3-1-2-4-15(10)13-5-11-7-14(17)8-12(11)6-13/h1-5,11-12H,6-8H2. The van der Waals surface area contributed by atoms with Crippen LogP contribution in [0.2, 0.25) is 0 Å². The zero-order valence-corrected chi connectivity index (χ0v) is 9.52. The van der Waals surface area contributed by atoms with Gasteiger partial charge in [0.05, 0.1) is 11.6 Å².